The number of likely N-dealkylation sites (tertiary alicyclic amines) is 2. The molecule has 3 saturated heterocycles. The summed E-state index contributed by atoms with van der Waals surface area (Å²) in [7, 11) is -7.51. The van der Waals surface area contributed by atoms with Gasteiger partial charge in [-0.05, 0) is 150 Å². The lowest BCUT2D eigenvalue weighted by atomic mass is 10.1. The van der Waals surface area contributed by atoms with Crippen molar-refractivity contribution in [3.05, 3.63) is 174 Å². The Kier molecular flexibility index (Phi) is 21.2. The van der Waals surface area contributed by atoms with Crippen LogP contribution in [0.2, 0.25) is 10.0 Å². The molecule has 6 aromatic heterocycles. The molecular formula is C63H70Cl3N17O6S2. The Morgan fingerprint density at radius 1 is 0.527 bits per heavy atom. The fourth-order valence-corrected chi connectivity index (χ4v) is 13.9. The van der Waals surface area contributed by atoms with Gasteiger partial charge in [0.25, 0.3) is 20.0 Å². The molecule has 4 aromatic carbocycles. The third-order valence-corrected chi connectivity index (χ3v) is 19.7. The fourth-order valence-electron chi connectivity index (χ4n) is 11.0. The highest BCUT2D eigenvalue weighted by Crippen LogP contribution is 2.29. The summed E-state index contributed by atoms with van der Waals surface area (Å²) in [5, 5.41) is 23.5. The Bertz CT molecular complexity index is 4340. The molecule has 2 amide bonds. The maximum absolute atomic E-state index is 13.2. The van der Waals surface area contributed by atoms with Crippen LogP contribution in [0.1, 0.15) is 49.7 Å². The third kappa shape index (κ3) is 15.9. The number of nitrogens with one attached hydrogen (secondary N) is 7. The second-order valence-corrected chi connectivity index (χ2v) is 26.8. The summed E-state index contributed by atoms with van der Waals surface area (Å²) in [5.41, 5.74) is 5.19. The number of amides is 2. The first-order chi connectivity index (χ1) is 43.5. The quantitative estimate of drug-likeness (QED) is 0.0474. The number of hydrogen-bond acceptors (Lipinski definition) is 18. The van der Waals surface area contributed by atoms with Crippen LogP contribution >= 0.6 is 35.6 Å². The first-order valence-corrected chi connectivity index (χ1v) is 33.3. The average Bonchev–Trinajstić information content (AvgIpc) is 1.73. The van der Waals surface area contributed by atoms with E-state index >= 15 is 0 Å². The molecule has 3 fully saturated rings. The van der Waals surface area contributed by atoms with Crippen molar-refractivity contribution in [3.8, 4) is 0 Å². The molecule has 13 rings (SSSR count). The van der Waals surface area contributed by atoms with E-state index in [-0.39, 0.29) is 65.2 Å². The molecule has 7 N–H and O–H groups in total. The van der Waals surface area contributed by atoms with E-state index in [0.717, 1.165) is 97.5 Å². The monoisotopic (exact) mass is 1330 g/mol. The van der Waals surface area contributed by atoms with Gasteiger partial charge in [0.1, 0.15) is 42.1 Å². The van der Waals surface area contributed by atoms with Crippen molar-refractivity contribution in [1.29, 1.82) is 0 Å². The van der Waals surface area contributed by atoms with Crippen molar-refractivity contribution in [1.82, 2.24) is 57.9 Å². The van der Waals surface area contributed by atoms with Gasteiger partial charge < -0.3 is 46.7 Å². The number of H-pyrrole nitrogens is 1. The van der Waals surface area contributed by atoms with Gasteiger partial charge in [0.15, 0.2) is 11.3 Å². The number of benzene rings is 4. The van der Waals surface area contributed by atoms with Crippen molar-refractivity contribution in [2.45, 2.75) is 80.3 Å². The van der Waals surface area contributed by atoms with Gasteiger partial charge in [-0.15, -0.1) is 12.4 Å². The zero-order valence-corrected chi connectivity index (χ0v) is 53.9. The lowest BCUT2D eigenvalue weighted by molar-refractivity contribution is -0.131. The van der Waals surface area contributed by atoms with Gasteiger partial charge in [0.2, 0.25) is 11.8 Å². The van der Waals surface area contributed by atoms with Gasteiger partial charge >= 0.3 is 0 Å². The summed E-state index contributed by atoms with van der Waals surface area (Å²) >= 11 is 11.8. The Morgan fingerprint density at radius 2 is 0.956 bits per heavy atom. The van der Waals surface area contributed by atoms with Crippen LogP contribution in [-0.4, -0.2) is 152 Å². The molecule has 91 heavy (non-hydrogen) atoms. The second-order valence-electron chi connectivity index (χ2n) is 22.3. The molecule has 28 heteroatoms. The molecule has 3 aliphatic heterocycles. The Labute approximate surface area is 543 Å². The van der Waals surface area contributed by atoms with Crippen molar-refractivity contribution >= 4 is 129 Å². The molecule has 0 radical (unpaired) electrons. The number of aromatic nitrogens is 9. The Morgan fingerprint density at radius 3 is 1.41 bits per heavy atom. The van der Waals surface area contributed by atoms with Gasteiger partial charge in [-0.25, -0.2) is 54.7 Å². The molecule has 0 bridgehead atoms. The number of fused-ring (bicyclic) bond motifs is 3. The molecule has 9 heterocycles. The fraction of sp³-hybridized carbons (Fsp3) is 0.302. The van der Waals surface area contributed by atoms with E-state index in [1.54, 1.807) is 97.5 Å². The number of rotatable bonds is 16. The maximum atomic E-state index is 13.2. The first-order valence-electron chi connectivity index (χ1n) is 29.7. The maximum Gasteiger partial charge on any atom is 0.269 e. The molecule has 10 aromatic rings. The minimum absolute atomic E-state index is 0. The van der Waals surface area contributed by atoms with Crippen LogP contribution in [0.3, 0.4) is 0 Å². The van der Waals surface area contributed by atoms with Crippen LogP contribution in [0.25, 0.3) is 33.1 Å². The first kappa shape index (κ1) is 65.4. The lowest BCUT2D eigenvalue weighted by Gasteiger charge is -2.33. The Balaban J connectivity index is 0.000000152. The third-order valence-electron chi connectivity index (χ3n) is 15.8. The van der Waals surface area contributed by atoms with E-state index in [2.05, 4.69) is 66.8 Å². The standard InChI is InChI=1S/C26H27ClN6O3S.C19H21ClN6O.C18H21N5O2S.ClH/c1-18-4-10-22(11-5-18)37(35,36)33-14-12-23-25(29-17-30-26(23)33)31-21-3-2-13-32(16-21)24(34)15-28-20-8-6-19(27)7-9-20;20-13-3-5-14(6-4-13)22-10-17(27)26-9-1-2-15(11-26)25-19-16-7-8-21-18(16)23-12-24-19;1-13-4-6-15(7-5-13)26(24,25)23-10-8-16-17(20-12-21-18(16)23)22-14-3-2-9-19-11-14;/h4-12,14,17,21,28H,2-3,13,15-16H2,1H3,(H,29,30,31);3-8,12,15,22H,1-2,9-11H2,(H2,21,23,24,25);4-8,10,12,14,19H,2-3,9,11H2,1H3,(H,20,21,22);1H/t21-;15-;14-;/m000./s1. The highest BCUT2D eigenvalue weighted by Gasteiger charge is 2.28. The van der Waals surface area contributed by atoms with Gasteiger partial charge in [0, 0.05) is 90.9 Å². The average molecular weight is 1330 g/mol. The highest BCUT2D eigenvalue weighted by atomic mass is 35.5. The number of carbonyl (C=O) groups excluding carboxylic acids is 2. The van der Waals surface area contributed by atoms with Crippen LogP contribution in [0, 0.1) is 13.8 Å². The summed E-state index contributed by atoms with van der Waals surface area (Å²) < 4.78 is 54.9. The number of carbonyl (C=O) groups is 2. The molecule has 23 nitrogen and oxygen atoms in total. The molecule has 0 spiro atoms. The lowest BCUT2D eigenvalue weighted by Crippen LogP contribution is -2.47. The van der Waals surface area contributed by atoms with Crippen molar-refractivity contribution in [2.24, 2.45) is 0 Å². The number of halogens is 3. The number of aryl methyl sites for hydroxylation is 2. The van der Waals surface area contributed by atoms with Gasteiger partial charge in [-0.2, -0.15) is 0 Å². The number of hydrogen-bond donors (Lipinski definition) is 7. The van der Waals surface area contributed by atoms with Gasteiger partial charge in [-0.3, -0.25) is 9.59 Å². The van der Waals surface area contributed by atoms with E-state index in [1.807, 2.05) is 60.2 Å². The van der Waals surface area contributed by atoms with Crippen molar-refractivity contribution in [3.63, 3.8) is 0 Å². The molecule has 476 valence electrons. The number of anilines is 5. The van der Waals surface area contributed by atoms with Crippen LogP contribution in [0.4, 0.5) is 28.8 Å². The van der Waals surface area contributed by atoms with Crippen molar-refractivity contribution in [2.75, 3.05) is 78.9 Å². The predicted molar refractivity (Wildman–Crippen MR) is 360 cm³/mol. The number of aromatic amines is 1. The zero-order chi connectivity index (χ0) is 62.8. The summed E-state index contributed by atoms with van der Waals surface area (Å²) in [4.78, 5) is 58.4. The van der Waals surface area contributed by atoms with E-state index in [4.69, 9.17) is 23.2 Å². The zero-order valence-electron chi connectivity index (χ0n) is 50.0. The summed E-state index contributed by atoms with van der Waals surface area (Å²) in [6, 6.07) is 33.9. The Hall–Kier alpha value is -8.59. The van der Waals surface area contributed by atoms with Crippen LogP contribution in [0.5, 0.6) is 0 Å². The highest BCUT2D eigenvalue weighted by molar-refractivity contribution is 7.90. The van der Waals surface area contributed by atoms with Crippen molar-refractivity contribution < 1.29 is 26.4 Å². The SMILES string of the molecule is Cc1ccc(S(=O)(=O)n2ccc3c(N[C@H]4CCCN(C(=O)CNc5ccc(Cl)cc5)C4)ncnc32)cc1.Cc1ccc(S(=O)(=O)n2ccc3c(N[C@H]4CCCNC4)ncnc32)cc1.Cl.O=C(CNc1ccc(Cl)cc1)N1CCC[C@H](Nc2ncnc3[nH]ccc23)C1. The van der Waals surface area contributed by atoms with Crippen LogP contribution < -0.4 is 31.9 Å². The summed E-state index contributed by atoms with van der Waals surface area (Å²) in [6.07, 6.45) is 15.0. The van der Waals surface area contributed by atoms with Crippen LogP contribution in [0.15, 0.2) is 163 Å². The van der Waals surface area contributed by atoms with Gasteiger partial charge in [0.05, 0.1) is 39.0 Å². The molecule has 3 aliphatic rings. The number of piperidine rings is 3. The smallest absolute Gasteiger partial charge is 0.269 e. The molecule has 0 saturated carbocycles. The molecule has 0 aliphatic carbocycles. The van der Waals surface area contributed by atoms with Crippen LogP contribution in [-0.2, 0) is 29.6 Å². The topological polar surface area (TPSA) is 284 Å². The normalized spacial score (nSPS) is 16.8. The molecular weight excluding hydrogens is 1260 g/mol. The number of nitrogens with zero attached hydrogens (tertiary/aromatic N) is 10. The molecule has 0 unspecified atom stereocenters. The minimum atomic E-state index is -3.81. The van der Waals surface area contributed by atoms with E-state index in [0.29, 0.717) is 63.4 Å². The second kappa shape index (κ2) is 29.6. The largest absolute Gasteiger partial charge is 0.376 e. The molecule has 3 atom stereocenters. The summed E-state index contributed by atoms with van der Waals surface area (Å²) in [6.45, 7) is 8.83. The van der Waals surface area contributed by atoms with E-state index < -0.39 is 20.0 Å². The van der Waals surface area contributed by atoms with E-state index in [1.165, 1.54) is 26.8 Å². The van der Waals surface area contributed by atoms with E-state index in [9.17, 15) is 26.4 Å². The predicted octanol–water partition coefficient (Wildman–Crippen LogP) is 9.83. The van der Waals surface area contributed by atoms with Gasteiger partial charge in [-0.1, -0.05) is 58.6 Å². The minimum Gasteiger partial charge on any atom is -0.376 e. The summed E-state index contributed by atoms with van der Waals surface area (Å²) in [5.74, 6) is 2.11.